The number of carbonyl (C=O) groups is 1. The Hall–Kier alpha value is -2.26. The zero-order valence-electron chi connectivity index (χ0n) is 14.4. The van der Waals surface area contributed by atoms with E-state index in [0.29, 0.717) is 5.75 Å². The number of benzene rings is 2. The third-order valence-corrected chi connectivity index (χ3v) is 4.63. The van der Waals surface area contributed by atoms with Crippen molar-refractivity contribution in [3.8, 4) is 0 Å². The monoisotopic (exact) mass is 413 g/mol. The van der Waals surface area contributed by atoms with E-state index in [2.05, 4.69) is 16.2 Å². The Labute approximate surface area is 164 Å². The highest BCUT2D eigenvalue weighted by molar-refractivity contribution is 7.99. The first-order valence-electron chi connectivity index (χ1n) is 7.91. The van der Waals surface area contributed by atoms with Gasteiger partial charge in [0.05, 0.1) is 17.0 Å². The molecule has 2 aromatic rings. The highest BCUT2D eigenvalue weighted by atomic mass is 32.2. The largest absolute Gasteiger partial charge is 0.418 e. The minimum Gasteiger partial charge on any atom is -0.331 e. The number of para-hydroxylation sites is 1. The van der Waals surface area contributed by atoms with Crippen molar-refractivity contribution in [2.45, 2.75) is 18.9 Å². The molecule has 0 unspecified atom stereocenters. The summed E-state index contributed by atoms with van der Waals surface area (Å²) in [5.74, 6) is 0.526. The van der Waals surface area contributed by atoms with Crippen LogP contribution in [0.4, 0.5) is 18.9 Å². The summed E-state index contributed by atoms with van der Waals surface area (Å²) in [7, 11) is 0. The van der Waals surface area contributed by atoms with Gasteiger partial charge in [0, 0.05) is 5.75 Å². The molecule has 0 aliphatic heterocycles. The molecule has 0 saturated carbocycles. The number of nitrogens with one attached hydrogen (secondary N) is 3. The summed E-state index contributed by atoms with van der Waals surface area (Å²) >= 11 is 6.34. The van der Waals surface area contributed by atoms with Crippen molar-refractivity contribution in [1.82, 2.24) is 10.9 Å². The van der Waals surface area contributed by atoms with Gasteiger partial charge in [0.25, 0.3) is 0 Å². The van der Waals surface area contributed by atoms with Gasteiger partial charge < -0.3 is 5.32 Å². The Balaban J connectivity index is 1.75. The van der Waals surface area contributed by atoms with Crippen molar-refractivity contribution in [1.29, 1.82) is 0 Å². The molecule has 9 heteroatoms. The van der Waals surface area contributed by atoms with Gasteiger partial charge in [0.15, 0.2) is 5.11 Å². The second kappa shape index (κ2) is 9.61. The third kappa shape index (κ3) is 7.10. The molecular weight excluding hydrogens is 395 g/mol. The van der Waals surface area contributed by atoms with Crippen LogP contribution >= 0.6 is 24.0 Å². The third-order valence-electron chi connectivity index (χ3n) is 3.42. The molecule has 0 aromatic heterocycles. The highest BCUT2D eigenvalue weighted by Gasteiger charge is 2.33. The van der Waals surface area contributed by atoms with Gasteiger partial charge in [-0.3, -0.25) is 15.6 Å². The molecule has 0 spiro atoms. The van der Waals surface area contributed by atoms with E-state index in [0.717, 1.165) is 11.6 Å². The summed E-state index contributed by atoms with van der Waals surface area (Å²) in [5, 5.41) is 2.30. The van der Waals surface area contributed by atoms with Crippen molar-refractivity contribution >= 4 is 40.7 Å². The molecule has 0 atom stereocenters. The van der Waals surface area contributed by atoms with E-state index in [4.69, 9.17) is 12.2 Å². The van der Waals surface area contributed by atoms with Crippen molar-refractivity contribution in [2.24, 2.45) is 0 Å². The summed E-state index contributed by atoms with van der Waals surface area (Å²) in [6.07, 6.45) is -4.50. The normalized spacial score (nSPS) is 11.0. The number of rotatable bonds is 5. The van der Waals surface area contributed by atoms with Gasteiger partial charge in [0.2, 0.25) is 5.91 Å². The number of hydrazine groups is 1. The molecule has 2 rings (SSSR count). The van der Waals surface area contributed by atoms with Crippen molar-refractivity contribution in [3.05, 3.63) is 65.2 Å². The number of thioether (sulfide) groups is 1. The molecule has 0 bridgehead atoms. The van der Waals surface area contributed by atoms with Crippen LogP contribution in [0.2, 0.25) is 0 Å². The van der Waals surface area contributed by atoms with Gasteiger partial charge in [-0.15, -0.1) is 11.8 Å². The van der Waals surface area contributed by atoms with Crippen LogP contribution in [0.15, 0.2) is 48.5 Å². The fraction of sp³-hybridized carbons (Fsp3) is 0.222. The van der Waals surface area contributed by atoms with Crippen molar-refractivity contribution in [2.75, 3.05) is 11.1 Å². The summed E-state index contributed by atoms with van der Waals surface area (Å²) in [6, 6.07) is 12.9. The number of amides is 1. The van der Waals surface area contributed by atoms with Gasteiger partial charge in [-0.1, -0.05) is 42.0 Å². The summed E-state index contributed by atoms with van der Waals surface area (Å²) < 4.78 is 38.8. The van der Waals surface area contributed by atoms with E-state index in [1.807, 2.05) is 31.2 Å². The molecule has 0 saturated heterocycles. The smallest absolute Gasteiger partial charge is 0.331 e. The summed E-state index contributed by atoms with van der Waals surface area (Å²) in [5.41, 5.74) is 6.01. The van der Waals surface area contributed by atoms with Crippen LogP contribution in [0, 0.1) is 6.92 Å². The Morgan fingerprint density at radius 2 is 1.74 bits per heavy atom. The summed E-state index contributed by atoms with van der Waals surface area (Å²) in [4.78, 5) is 11.8. The van der Waals surface area contributed by atoms with E-state index in [1.54, 1.807) is 0 Å². The number of alkyl halides is 3. The van der Waals surface area contributed by atoms with Crippen molar-refractivity contribution in [3.63, 3.8) is 0 Å². The maximum absolute atomic E-state index is 12.9. The number of hydrogen-bond acceptors (Lipinski definition) is 3. The number of halogens is 3. The fourth-order valence-corrected chi connectivity index (χ4v) is 3.05. The van der Waals surface area contributed by atoms with E-state index >= 15 is 0 Å². The second-order valence-electron chi connectivity index (χ2n) is 5.65. The molecule has 0 radical (unpaired) electrons. The van der Waals surface area contributed by atoms with Crippen LogP contribution in [0.1, 0.15) is 16.7 Å². The van der Waals surface area contributed by atoms with Crippen LogP contribution in [0.3, 0.4) is 0 Å². The first-order chi connectivity index (χ1) is 12.8. The second-order valence-corrected chi connectivity index (χ2v) is 7.04. The molecule has 0 aliphatic carbocycles. The van der Waals surface area contributed by atoms with Crippen LogP contribution in [0.5, 0.6) is 0 Å². The lowest BCUT2D eigenvalue weighted by Crippen LogP contribution is -2.44. The number of anilines is 1. The van der Waals surface area contributed by atoms with Crippen molar-refractivity contribution < 1.29 is 18.0 Å². The minimum absolute atomic E-state index is 0.136. The van der Waals surface area contributed by atoms with Crippen LogP contribution in [-0.4, -0.2) is 16.8 Å². The van der Waals surface area contributed by atoms with Gasteiger partial charge in [0.1, 0.15) is 0 Å². The summed E-state index contributed by atoms with van der Waals surface area (Å²) in [6.45, 7) is 2.00. The van der Waals surface area contributed by atoms with E-state index < -0.39 is 11.7 Å². The molecule has 3 N–H and O–H groups in total. The molecule has 0 heterocycles. The maximum atomic E-state index is 12.9. The highest BCUT2D eigenvalue weighted by Crippen LogP contribution is 2.34. The van der Waals surface area contributed by atoms with Gasteiger partial charge in [-0.05, 0) is 36.8 Å². The van der Waals surface area contributed by atoms with Crippen LogP contribution in [-0.2, 0) is 16.7 Å². The maximum Gasteiger partial charge on any atom is 0.418 e. The minimum atomic E-state index is -4.50. The van der Waals surface area contributed by atoms with Crippen LogP contribution < -0.4 is 16.2 Å². The predicted molar refractivity (Wildman–Crippen MR) is 106 cm³/mol. The topological polar surface area (TPSA) is 53.2 Å². The van der Waals surface area contributed by atoms with Gasteiger partial charge in [-0.2, -0.15) is 13.2 Å². The Morgan fingerprint density at radius 1 is 1.07 bits per heavy atom. The zero-order valence-corrected chi connectivity index (χ0v) is 16.0. The lowest BCUT2D eigenvalue weighted by molar-refractivity contribution is -0.137. The van der Waals surface area contributed by atoms with Crippen LogP contribution in [0.25, 0.3) is 0 Å². The Bertz CT molecular complexity index is 795. The molecule has 0 aliphatic rings. The quantitative estimate of drug-likeness (QED) is 0.505. The standard InChI is InChI=1S/C18H18F3N3OS2/c1-12-6-8-13(9-7-12)10-27-11-16(25)23-24-17(26)22-15-5-3-2-4-14(15)18(19,20)21/h2-9H,10-11H2,1H3,(H,23,25)(H2,22,24,26). The number of aryl methyl sites for hydroxylation is 1. The molecule has 0 fully saturated rings. The Morgan fingerprint density at radius 3 is 2.41 bits per heavy atom. The first-order valence-corrected chi connectivity index (χ1v) is 9.47. The number of carbonyl (C=O) groups excluding carboxylic acids is 1. The van der Waals surface area contributed by atoms with E-state index in [1.165, 1.54) is 35.5 Å². The predicted octanol–water partition coefficient (Wildman–Crippen LogP) is 4.26. The molecular formula is C18H18F3N3OS2. The molecule has 1 amide bonds. The first kappa shape index (κ1) is 21.0. The molecule has 27 heavy (non-hydrogen) atoms. The lowest BCUT2D eigenvalue weighted by atomic mass is 10.2. The Kier molecular flexibility index (Phi) is 7.49. The average molecular weight is 413 g/mol. The van der Waals surface area contributed by atoms with E-state index in [9.17, 15) is 18.0 Å². The molecule has 144 valence electrons. The van der Waals surface area contributed by atoms with Gasteiger partial charge >= 0.3 is 6.18 Å². The molecule has 2 aromatic carbocycles. The number of hydrogen-bond donors (Lipinski definition) is 3. The van der Waals surface area contributed by atoms with Gasteiger partial charge in [-0.25, -0.2) is 0 Å². The molecule has 4 nitrogen and oxygen atoms in total. The fourth-order valence-electron chi connectivity index (χ4n) is 2.10. The number of thiocarbonyl (C=S) groups is 1. The lowest BCUT2D eigenvalue weighted by Gasteiger charge is -2.16. The average Bonchev–Trinajstić information content (AvgIpc) is 2.61. The van der Waals surface area contributed by atoms with E-state index in [-0.39, 0.29) is 22.5 Å². The SMILES string of the molecule is Cc1ccc(CSCC(=O)NNC(=S)Nc2ccccc2C(F)(F)F)cc1. The zero-order chi connectivity index (χ0) is 19.9.